The number of para-hydroxylation sites is 1. The smallest absolute Gasteiger partial charge is 0.127 e. The van der Waals surface area contributed by atoms with Crippen molar-refractivity contribution in [3.05, 3.63) is 65.0 Å². The fourth-order valence-electron chi connectivity index (χ4n) is 2.89. The summed E-state index contributed by atoms with van der Waals surface area (Å²) in [6.45, 7) is 0. The number of hydrogen-bond acceptors (Lipinski definition) is 3. The molecule has 3 heteroatoms. The van der Waals surface area contributed by atoms with Gasteiger partial charge in [0, 0.05) is 28.3 Å². The van der Waals surface area contributed by atoms with E-state index >= 15 is 0 Å². The third kappa shape index (κ3) is 1.82. The van der Waals surface area contributed by atoms with E-state index in [1.165, 1.54) is 15.6 Å². The van der Waals surface area contributed by atoms with Gasteiger partial charge in [-0.1, -0.05) is 36.4 Å². The first-order chi connectivity index (χ1) is 9.83. The molecule has 0 bridgehead atoms. The Morgan fingerprint density at radius 3 is 2.75 bits per heavy atom. The van der Waals surface area contributed by atoms with Gasteiger partial charge in [-0.15, -0.1) is 11.3 Å². The van der Waals surface area contributed by atoms with Crippen LogP contribution in [0.5, 0.6) is 5.75 Å². The van der Waals surface area contributed by atoms with Gasteiger partial charge >= 0.3 is 0 Å². The highest BCUT2D eigenvalue weighted by atomic mass is 32.1. The van der Waals surface area contributed by atoms with Crippen molar-refractivity contribution in [2.24, 2.45) is 5.73 Å². The van der Waals surface area contributed by atoms with Gasteiger partial charge in [0.25, 0.3) is 0 Å². The number of nitrogens with two attached hydrogens (primary N) is 1. The molecule has 1 aromatic heterocycles. The van der Waals surface area contributed by atoms with Crippen molar-refractivity contribution in [3.63, 3.8) is 0 Å². The maximum atomic E-state index is 6.31. The normalized spacial score (nSPS) is 21.4. The summed E-state index contributed by atoms with van der Waals surface area (Å²) in [5.41, 5.74) is 8.68. The standard InChI is InChI=1S/C17H15NOS/c18-14-9-16(19-15-7-3-1-6-12(14)15)13-10-20-17-8-4-2-5-11(13)17/h1-8,10,14,16H,9,18H2/t14-,16?/m1/s1. The van der Waals surface area contributed by atoms with E-state index in [1.54, 1.807) is 11.3 Å². The third-order valence-corrected chi connectivity index (χ3v) is 4.90. The average Bonchev–Trinajstić information content (AvgIpc) is 2.91. The molecule has 3 aromatic rings. The van der Waals surface area contributed by atoms with Crippen LogP contribution in [0.1, 0.15) is 29.7 Å². The molecule has 2 atom stereocenters. The van der Waals surface area contributed by atoms with Crippen LogP contribution in [0.4, 0.5) is 0 Å². The molecular weight excluding hydrogens is 266 g/mol. The molecule has 4 rings (SSSR count). The van der Waals surface area contributed by atoms with Crippen LogP contribution in [0.3, 0.4) is 0 Å². The highest BCUT2D eigenvalue weighted by molar-refractivity contribution is 7.17. The lowest BCUT2D eigenvalue weighted by Crippen LogP contribution is -2.23. The number of ether oxygens (including phenoxy) is 1. The van der Waals surface area contributed by atoms with Gasteiger partial charge in [-0.25, -0.2) is 0 Å². The first kappa shape index (κ1) is 11.9. The van der Waals surface area contributed by atoms with Crippen LogP contribution in [-0.2, 0) is 0 Å². The molecule has 0 saturated carbocycles. The Bertz CT molecular complexity index is 764. The Kier molecular flexibility index (Phi) is 2.76. The summed E-state index contributed by atoms with van der Waals surface area (Å²) in [6, 6.07) is 16.6. The summed E-state index contributed by atoms with van der Waals surface area (Å²) < 4.78 is 7.49. The zero-order valence-corrected chi connectivity index (χ0v) is 11.8. The second-order valence-corrected chi connectivity index (χ2v) is 6.08. The van der Waals surface area contributed by atoms with E-state index < -0.39 is 0 Å². The van der Waals surface area contributed by atoms with E-state index in [4.69, 9.17) is 10.5 Å². The summed E-state index contributed by atoms with van der Waals surface area (Å²) in [5.74, 6) is 0.923. The van der Waals surface area contributed by atoms with Gasteiger partial charge in [-0.2, -0.15) is 0 Å². The summed E-state index contributed by atoms with van der Waals surface area (Å²) in [4.78, 5) is 0. The van der Waals surface area contributed by atoms with Crippen molar-refractivity contribution in [2.75, 3.05) is 0 Å². The zero-order chi connectivity index (χ0) is 13.5. The van der Waals surface area contributed by atoms with Crippen molar-refractivity contribution < 1.29 is 4.74 Å². The van der Waals surface area contributed by atoms with Gasteiger partial charge in [-0.3, -0.25) is 0 Å². The molecule has 2 aromatic carbocycles. The molecular formula is C17H15NOS. The molecule has 0 fully saturated rings. The molecule has 2 nitrogen and oxygen atoms in total. The van der Waals surface area contributed by atoms with E-state index in [-0.39, 0.29) is 12.1 Å². The first-order valence-corrected chi connectivity index (χ1v) is 7.68. The predicted molar refractivity (Wildman–Crippen MR) is 83.2 cm³/mol. The van der Waals surface area contributed by atoms with Crippen molar-refractivity contribution in [1.29, 1.82) is 0 Å². The monoisotopic (exact) mass is 281 g/mol. The minimum Gasteiger partial charge on any atom is -0.485 e. The van der Waals surface area contributed by atoms with Crippen LogP contribution in [0.15, 0.2) is 53.9 Å². The molecule has 20 heavy (non-hydrogen) atoms. The maximum Gasteiger partial charge on any atom is 0.127 e. The van der Waals surface area contributed by atoms with Crippen LogP contribution in [0.2, 0.25) is 0 Å². The van der Waals surface area contributed by atoms with Gasteiger partial charge in [-0.05, 0) is 22.9 Å². The molecule has 0 spiro atoms. The van der Waals surface area contributed by atoms with Gasteiger partial charge in [0.15, 0.2) is 0 Å². The maximum absolute atomic E-state index is 6.31. The minimum absolute atomic E-state index is 0.0450. The highest BCUT2D eigenvalue weighted by Crippen LogP contribution is 2.42. The Morgan fingerprint density at radius 1 is 1.00 bits per heavy atom. The van der Waals surface area contributed by atoms with Crippen LogP contribution in [0.25, 0.3) is 10.1 Å². The minimum atomic E-state index is 0.0450. The quantitative estimate of drug-likeness (QED) is 0.716. The number of benzene rings is 2. The van der Waals surface area contributed by atoms with Crippen molar-refractivity contribution in [3.8, 4) is 5.75 Å². The van der Waals surface area contributed by atoms with Crippen LogP contribution in [0, 0.1) is 0 Å². The molecule has 100 valence electrons. The Hall–Kier alpha value is -1.84. The highest BCUT2D eigenvalue weighted by Gasteiger charge is 2.28. The van der Waals surface area contributed by atoms with Crippen molar-refractivity contribution >= 4 is 21.4 Å². The van der Waals surface area contributed by atoms with E-state index in [9.17, 15) is 0 Å². The summed E-state index contributed by atoms with van der Waals surface area (Å²) >= 11 is 1.77. The largest absolute Gasteiger partial charge is 0.485 e. The van der Waals surface area contributed by atoms with Crippen LogP contribution >= 0.6 is 11.3 Å². The predicted octanol–water partition coefficient (Wildman–Crippen LogP) is 4.42. The Labute approximate surface area is 121 Å². The summed E-state index contributed by atoms with van der Waals surface area (Å²) in [7, 11) is 0. The number of thiophene rings is 1. The van der Waals surface area contributed by atoms with Crippen molar-refractivity contribution in [1.82, 2.24) is 0 Å². The van der Waals surface area contributed by atoms with E-state index in [0.717, 1.165) is 17.7 Å². The van der Waals surface area contributed by atoms with Gasteiger partial charge in [0.1, 0.15) is 11.9 Å². The molecule has 0 amide bonds. The van der Waals surface area contributed by atoms with E-state index in [2.05, 4.69) is 35.7 Å². The molecule has 2 N–H and O–H groups in total. The summed E-state index contributed by atoms with van der Waals surface area (Å²) in [6.07, 6.45) is 0.883. The topological polar surface area (TPSA) is 35.2 Å². The second kappa shape index (κ2) is 4.62. The van der Waals surface area contributed by atoms with Gasteiger partial charge in [0.05, 0.1) is 0 Å². The number of hydrogen-bond donors (Lipinski definition) is 1. The number of rotatable bonds is 1. The fourth-order valence-corrected chi connectivity index (χ4v) is 3.89. The number of fused-ring (bicyclic) bond motifs is 2. The SMILES string of the molecule is N[C@@H]1CC(c2csc3ccccc23)Oc2ccccc21. The van der Waals surface area contributed by atoms with Gasteiger partial charge < -0.3 is 10.5 Å². The lowest BCUT2D eigenvalue weighted by atomic mass is 9.93. The third-order valence-electron chi connectivity index (χ3n) is 3.91. The van der Waals surface area contributed by atoms with Crippen molar-refractivity contribution in [2.45, 2.75) is 18.6 Å². The molecule has 0 aliphatic carbocycles. The van der Waals surface area contributed by atoms with E-state index in [1.807, 2.05) is 18.2 Å². The molecule has 1 aliphatic rings. The average molecular weight is 281 g/mol. The fraction of sp³-hybridized carbons (Fsp3) is 0.176. The Balaban J connectivity index is 1.78. The second-order valence-electron chi connectivity index (χ2n) is 5.17. The van der Waals surface area contributed by atoms with E-state index in [0.29, 0.717) is 0 Å². The molecule has 0 radical (unpaired) electrons. The first-order valence-electron chi connectivity index (χ1n) is 6.80. The summed E-state index contributed by atoms with van der Waals surface area (Å²) in [5, 5.41) is 3.49. The molecule has 1 aliphatic heterocycles. The lowest BCUT2D eigenvalue weighted by molar-refractivity contribution is 0.163. The zero-order valence-electron chi connectivity index (χ0n) is 11.0. The molecule has 2 heterocycles. The van der Waals surface area contributed by atoms with Crippen LogP contribution < -0.4 is 10.5 Å². The lowest BCUT2D eigenvalue weighted by Gasteiger charge is -2.30. The molecule has 1 unspecified atom stereocenters. The van der Waals surface area contributed by atoms with Crippen LogP contribution in [-0.4, -0.2) is 0 Å². The van der Waals surface area contributed by atoms with Gasteiger partial charge in [0.2, 0.25) is 0 Å². The molecule has 0 saturated heterocycles. The Morgan fingerprint density at radius 2 is 1.80 bits per heavy atom.